The molecule has 3 nitrogen and oxygen atoms in total. The van der Waals surface area contributed by atoms with Gasteiger partial charge in [-0.05, 0) is 48.9 Å². The summed E-state index contributed by atoms with van der Waals surface area (Å²) in [5.74, 6) is 0.751. The molecule has 27 heavy (non-hydrogen) atoms. The van der Waals surface area contributed by atoms with Gasteiger partial charge in [0.1, 0.15) is 0 Å². The van der Waals surface area contributed by atoms with Crippen LogP contribution in [0.3, 0.4) is 0 Å². The highest BCUT2D eigenvalue weighted by Gasteiger charge is 2.22. The molecule has 0 unspecified atom stereocenters. The molecule has 0 spiro atoms. The van der Waals surface area contributed by atoms with E-state index in [9.17, 15) is 4.79 Å². The van der Waals surface area contributed by atoms with E-state index in [-0.39, 0.29) is 11.8 Å². The van der Waals surface area contributed by atoms with Gasteiger partial charge in [-0.2, -0.15) is 0 Å². The summed E-state index contributed by atoms with van der Waals surface area (Å²) in [5.41, 5.74) is 6.01. The molecule has 0 bridgehead atoms. The smallest absolute Gasteiger partial charge is 0.220 e. The Balaban J connectivity index is 1.93. The zero-order valence-electron chi connectivity index (χ0n) is 16.8. The fourth-order valence-electron chi connectivity index (χ4n) is 3.74. The molecule has 1 atom stereocenters. The second kappa shape index (κ2) is 8.43. The van der Waals surface area contributed by atoms with Crippen molar-refractivity contribution in [2.45, 2.75) is 46.5 Å². The number of carbonyl (C=O) groups excluding carboxylic acids is 1. The number of hydrogen-bond donors (Lipinski definition) is 2. The first-order valence-electron chi connectivity index (χ1n) is 9.85. The molecule has 3 rings (SSSR count). The lowest BCUT2D eigenvalue weighted by Gasteiger charge is -2.20. The normalized spacial score (nSPS) is 12.5. The molecule has 0 aliphatic rings. The van der Waals surface area contributed by atoms with Gasteiger partial charge < -0.3 is 10.3 Å². The average molecular weight is 363 g/mol. The summed E-state index contributed by atoms with van der Waals surface area (Å²) in [6.45, 7) is 9.34. The van der Waals surface area contributed by atoms with Gasteiger partial charge in [0.15, 0.2) is 0 Å². The Labute approximate surface area is 162 Å². The van der Waals surface area contributed by atoms with E-state index in [1.54, 1.807) is 0 Å². The van der Waals surface area contributed by atoms with E-state index < -0.39 is 0 Å². The first-order chi connectivity index (χ1) is 13.0. The van der Waals surface area contributed by atoms with E-state index in [1.165, 1.54) is 27.6 Å². The third-order valence-electron chi connectivity index (χ3n) is 5.23. The number of aromatic nitrogens is 1. The first-order valence-corrected chi connectivity index (χ1v) is 9.85. The predicted molar refractivity (Wildman–Crippen MR) is 113 cm³/mol. The number of para-hydroxylation sites is 1. The number of nitrogens with one attached hydrogen (secondary N) is 2. The number of benzene rings is 2. The maximum absolute atomic E-state index is 12.7. The van der Waals surface area contributed by atoms with Gasteiger partial charge in [0, 0.05) is 36.0 Å². The zero-order valence-corrected chi connectivity index (χ0v) is 16.8. The van der Waals surface area contributed by atoms with Crippen LogP contribution in [0.1, 0.15) is 54.9 Å². The summed E-state index contributed by atoms with van der Waals surface area (Å²) in [7, 11) is 0. The topological polar surface area (TPSA) is 44.9 Å². The van der Waals surface area contributed by atoms with Crippen LogP contribution in [0.15, 0.2) is 48.7 Å². The van der Waals surface area contributed by atoms with Gasteiger partial charge in [-0.3, -0.25) is 4.79 Å². The van der Waals surface area contributed by atoms with Crippen LogP contribution >= 0.6 is 0 Å². The molecule has 3 heteroatoms. The average Bonchev–Trinajstić information content (AvgIpc) is 3.04. The third kappa shape index (κ3) is 4.60. The highest BCUT2D eigenvalue weighted by Crippen LogP contribution is 2.35. The predicted octanol–water partition coefficient (Wildman–Crippen LogP) is 5.47. The van der Waals surface area contributed by atoms with Crippen LogP contribution in [0.4, 0.5) is 0 Å². The number of carbonyl (C=O) groups is 1. The lowest BCUT2D eigenvalue weighted by Crippen LogP contribution is -2.27. The molecule has 1 heterocycles. The van der Waals surface area contributed by atoms with E-state index in [4.69, 9.17) is 0 Å². The minimum Gasteiger partial charge on any atom is -0.361 e. The van der Waals surface area contributed by atoms with Crippen LogP contribution in [-0.2, 0) is 4.79 Å². The van der Waals surface area contributed by atoms with Crippen LogP contribution < -0.4 is 5.32 Å². The van der Waals surface area contributed by atoms with Gasteiger partial charge in [-0.1, -0.05) is 55.8 Å². The van der Waals surface area contributed by atoms with Crippen molar-refractivity contribution < 1.29 is 4.79 Å². The number of aryl methyl sites for hydroxylation is 2. The lowest BCUT2D eigenvalue weighted by atomic mass is 9.85. The standard InChI is InChI=1S/C24H30N2O/c1-16(2)11-12-25-24(27)14-21(19-10-9-17(3)13-18(19)4)22-15-26-23-8-6-5-7-20(22)23/h5-10,13,15-16,21,26H,11-12,14H2,1-4H3,(H,25,27)/t21-/m0/s1. The van der Waals surface area contributed by atoms with E-state index in [1.807, 2.05) is 6.07 Å². The van der Waals surface area contributed by atoms with Gasteiger partial charge >= 0.3 is 0 Å². The maximum Gasteiger partial charge on any atom is 0.220 e. The number of H-pyrrole nitrogens is 1. The number of rotatable bonds is 7. The van der Waals surface area contributed by atoms with Gasteiger partial charge in [-0.15, -0.1) is 0 Å². The molecule has 2 N–H and O–H groups in total. The number of aromatic amines is 1. The summed E-state index contributed by atoms with van der Waals surface area (Å²) in [4.78, 5) is 16.1. The molecule has 3 aromatic rings. The number of hydrogen-bond acceptors (Lipinski definition) is 1. The summed E-state index contributed by atoms with van der Waals surface area (Å²) in [6.07, 6.45) is 3.53. The van der Waals surface area contributed by atoms with Crippen molar-refractivity contribution in [3.8, 4) is 0 Å². The molecule has 0 aliphatic heterocycles. The molecule has 0 saturated heterocycles. The monoisotopic (exact) mass is 362 g/mol. The number of amides is 1. The largest absolute Gasteiger partial charge is 0.361 e. The van der Waals surface area contributed by atoms with Crippen molar-refractivity contribution in [3.05, 3.63) is 70.9 Å². The molecule has 0 saturated carbocycles. The van der Waals surface area contributed by atoms with E-state index >= 15 is 0 Å². The Morgan fingerprint density at radius 3 is 2.59 bits per heavy atom. The summed E-state index contributed by atoms with van der Waals surface area (Å²) >= 11 is 0. The molecule has 0 fully saturated rings. The van der Waals surface area contributed by atoms with E-state index in [0.29, 0.717) is 12.3 Å². The fraction of sp³-hybridized carbons (Fsp3) is 0.375. The van der Waals surface area contributed by atoms with Crippen molar-refractivity contribution in [2.75, 3.05) is 6.54 Å². The molecule has 1 aromatic heterocycles. The molecule has 142 valence electrons. The minimum absolute atomic E-state index is 0.0424. The summed E-state index contributed by atoms with van der Waals surface area (Å²) in [6, 6.07) is 14.8. The Bertz CT molecular complexity index is 923. The molecule has 2 aromatic carbocycles. The van der Waals surface area contributed by atoms with Crippen molar-refractivity contribution in [1.82, 2.24) is 10.3 Å². The summed E-state index contributed by atoms with van der Waals surface area (Å²) < 4.78 is 0. The maximum atomic E-state index is 12.7. The van der Waals surface area contributed by atoms with Gasteiger partial charge in [0.2, 0.25) is 5.91 Å². The highest BCUT2D eigenvalue weighted by molar-refractivity contribution is 5.86. The van der Waals surface area contributed by atoms with Gasteiger partial charge in [0.05, 0.1) is 0 Å². The Kier molecular flexibility index (Phi) is 6.00. The highest BCUT2D eigenvalue weighted by atomic mass is 16.1. The quantitative estimate of drug-likeness (QED) is 0.575. The zero-order chi connectivity index (χ0) is 19.4. The van der Waals surface area contributed by atoms with Crippen LogP contribution in [0, 0.1) is 19.8 Å². The van der Waals surface area contributed by atoms with E-state index in [2.05, 4.69) is 80.6 Å². The molecular weight excluding hydrogens is 332 g/mol. The minimum atomic E-state index is 0.0424. The second-order valence-electron chi connectivity index (χ2n) is 7.94. The SMILES string of the molecule is Cc1ccc([C@H](CC(=O)NCCC(C)C)c2c[nH]c3ccccc23)c(C)c1. The van der Waals surface area contributed by atoms with Crippen molar-refractivity contribution >= 4 is 16.8 Å². The molecule has 0 aliphatic carbocycles. The van der Waals surface area contributed by atoms with Crippen molar-refractivity contribution in [2.24, 2.45) is 5.92 Å². The van der Waals surface area contributed by atoms with Crippen molar-refractivity contribution in [3.63, 3.8) is 0 Å². The van der Waals surface area contributed by atoms with E-state index in [0.717, 1.165) is 18.5 Å². The van der Waals surface area contributed by atoms with Crippen LogP contribution in [0.25, 0.3) is 10.9 Å². The van der Waals surface area contributed by atoms with Gasteiger partial charge in [-0.25, -0.2) is 0 Å². The Hall–Kier alpha value is -2.55. The fourth-order valence-corrected chi connectivity index (χ4v) is 3.74. The summed E-state index contributed by atoms with van der Waals surface area (Å²) in [5, 5.41) is 4.30. The Morgan fingerprint density at radius 2 is 1.85 bits per heavy atom. The Morgan fingerprint density at radius 1 is 1.07 bits per heavy atom. The molecule has 0 radical (unpaired) electrons. The van der Waals surface area contributed by atoms with Crippen LogP contribution in [0.2, 0.25) is 0 Å². The molecular formula is C24H30N2O. The second-order valence-corrected chi connectivity index (χ2v) is 7.94. The molecule has 1 amide bonds. The number of fused-ring (bicyclic) bond motifs is 1. The van der Waals surface area contributed by atoms with Crippen LogP contribution in [-0.4, -0.2) is 17.4 Å². The van der Waals surface area contributed by atoms with Gasteiger partial charge in [0.25, 0.3) is 0 Å². The van der Waals surface area contributed by atoms with Crippen molar-refractivity contribution in [1.29, 1.82) is 0 Å². The lowest BCUT2D eigenvalue weighted by molar-refractivity contribution is -0.121. The first kappa shape index (κ1) is 19.2. The third-order valence-corrected chi connectivity index (χ3v) is 5.23. The van der Waals surface area contributed by atoms with Crippen LogP contribution in [0.5, 0.6) is 0 Å².